The average Bonchev–Trinajstić information content (AvgIpc) is 2.97. The van der Waals surface area contributed by atoms with Crippen LogP contribution in [0.3, 0.4) is 0 Å². The van der Waals surface area contributed by atoms with E-state index in [4.69, 9.17) is 16.3 Å². The average molecular weight is 392 g/mol. The van der Waals surface area contributed by atoms with Crippen molar-refractivity contribution in [1.82, 2.24) is 14.8 Å². The van der Waals surface area contributed by atoms with E-state index in [0.29, 0.717) is 27.3 Å². The number of thioether (sulfide) groups is 1. The lowest BCUT2D eigenvalue weighted by atomic mass is 10.2. The van der Waals surface area contributed by atoms with Crippen molar-refractivity contribution in [2.45, 2.75) is 30.9 Å². The van der Waals surface area contributed by atoms with Crippen molar-refractivity contribution in [2.75, 3.05) is 0 Å². The lowest BCUT2D eigenvalue weighted by Crippen LogP contribution is -2.10. The van der Waals surface area contributed by atoms with Crippen molar-refractivity contribution >= 4 is 23.4 Å². The highest BCUT2D eigenvalue weighted by Crippen LogP contribution is 2.29. The van der Waals surface area contributed by atoms with E-state index in [9.17, 15) is 4.39 Å². The smallest absolute Gasteiger partial charge is 0.191 e. The highest BCUT2D eigenvalue weighted by molar-refractivity contribution is 7.98. The largest absolute Gasteiger partial charge is 0.483 e. The van der Waals surface area contributed by atoms with Gasteiger partial charge in [-0.15, -0.1) is 10.2 Å². The maximum absolute atomic E-state index is 13.9. The predicted molar refractivity (Wildman–Crippen MR) is 102 cm³/mol. The van der Waals surface area contributed by atoms with Crippen molar-refractivity contribution in [3.8, 4) is 5.75 Å². The van der Waals surface area contributed by atoms with Gasteiger partial charge in [0.15, 0.2) is 17.1 Å². The lowest BCUT2D eigenvalue weighted by Gasteiger charge is -2.14. The summed E-state index contributed by atoms with van der Waals surface area (Å²) in [6.45, 7) is 3.95. The van der Waals surface area contributed by atoms with Crippen LogP contribution in [0.5, 0.6) is 5.75 Å². The standard InChI is InChI=1S/C19H19ClFN3OS/c1-12-7-9-14(10-8-12)25-13(2)18-22-23-19(24(18)3)26-11-15-16(20)5-4-6-17(15)21/h4-10,13H,11H2,1-3H3. The van der Waals surface area contributed by atoms with Crippen molar-refractivity contribution < 1.29 is 9.13 Å². The Morgan fingerprint density at radius 3 is 2.62 bits per heavy atom. The summed E-state index contributed by atoms with van der Waals surface area (Å²) in [5.41, 5.74) is 1.64. The van der Waals surface area contributed by atoms with Crippen LogP contribution in [0.25, 0.3) is 0 Å². The van der Waals surface area contributed by atoms with Gasteiger partial charge in [0.2, 0.25) is 0 Å². The minimum absolute atomic E-state index is 0.262. The quantitative estimate of drug-likeness (QED) is 0.531. The molecule has 0 bridgehead atoms. The highest BCUT2D eigenvalue weighted by Gasteiger charge is 2.18. The van der Waals surface area contributed by atoms with Gasteiger partial charge in [-0.2, -0.15) is 0 Å². The molecule has 0 N–H and O–H groups in total. The molecule has 2 aromatic carbocycles. The molecule has 0 aliphatic rings. The van der Waals surface area contributed by atoms with Gasteiger partial charge in [-0.05, 0) is 38.1 Å². The van der Waals surface area contributed by atoms with E-state index in [1.807, 2.05) is 49.7 Å². The number of hydrogen-bond acceptors (Lipinski definition) is 4. The summed E-state index contributed by atoms with van der Waals surface area (Å²) in [4.78, 5) is 0. The Morgan fingerprint density at radius 2 is 1.92 bits per heavy atom. The van der Waals surface area contributed by atoms with Crippen LogP contribution >= 0.6 is 23.4 Å². The van der Waals surface area contributed by atoms with Gasteiger partial charge in [-0.25, -0.2) is 4.39 Å². The fraction of sp³-hybridized carbons (Fsp3) is 0.263. The van der Waals surface area contributed by atoms with Gasteiger partial charge in [-0.3, -0.25) is 0 Å². The molecule has 0 saturated carbocycles. The zero-order valence-corrected chi connectivity index (χ0v) is 16.3. The molecule has 136 valence electrons. The zero-order chi connectivity index (χ0) is 18.7. The third kappa shape index (κ3) is 4.19. The molecule has 3 rings (SSSR count). The van der Waals surface area contributed by atoms with Crippen LogP contribution in [0.2, 0.25) is 5.02 Å². The first-order chi connectivity index (χ1) is 12.5. The summed E-state index contributed by atoms with van der Waals surface area (Å²) in [7, 11) is 1.87. The van der Waals surface area contributed by atoms with Crippen LogP contribution < -0.4 is 4.74 Å². The Kier molecular flexibility index (Phi) is 5.84. The van der Waals surface area contributed by atoms with Gasteiger partial charge in [0.25, 0.3) is 0 Å². The fourth-order valence-corrected chi connectivity index (χ4v) is 3.75. The second kappa shape index (κ2) is 8.10. The van der Waals surface area contributed by atoms with Gasteiger partial charge in [-0.1, -0.05) is 47.1 Å². The molecule has 1 heterocycles. The Bertz CT molecular complexity index is 878. The van der Waals surface area contributed by atoms with Crippen molar-refractivity contribution in [1.29, 1.82) is 0 Å². The molecule has 0 aliphatic heterocycles. The fourth-order valence-electron chi connectivity index (χ4n) is 2.49. The van der Waals surface area contributed by atoms with Gasteiger partial charge in [0.1, 0.15) is 11.6 Å². The van der Waals surface area contributed by atoms with Gasteiger partial charge in [0.05, 0.1) is 0 Å². The summed E-state index contributed by atoms with van der Waals surface area (Å²) in [6.07, 6.45) is -0.262. The van der Waals surface area contributed by atoms with Crippen LogP contribution in [-0.4, -0.2) is 14.8 Å². The van der Waals surface area contributed by atoms with Crippen LogP contribution in [0, 0.1) is 12.7 Å². The van der Waals surface area contributed by atoms with Gasteiger partial charge in [0, 0.05) is 23.4 Å². The number of ether oxygens (including phenoxy) is 1. The zero-order valence-electron chi connectivity index (χ0n) is 14.7. The molecule has 0 radical (unpaired) electrons. The Hall–Kier alpha value is -2.05. The molecule has 1 aromatic heterocycles. The topological polar surface area (TPSA) is 39.9 Å². The van der Waals surface area contributed by atoms with E-state index >= 15 is 0 Å². The molecule has 1 atom stereocenters. The normalized spacial score (nSPS) is 12.2. The highest BCUT2D eigenvalue weighted by atomic mass is 35.5. The summed E-state index contributed by atoms with van der Waals surface area (Å²) in [5.74, 6) is 1.54. The summed E-state index contributed by atoms with van der Waals surface area (Å²) in [5, 5.41) is 9.52. The monoisotopic (exact) mass is 391 g/mol. The number of halogens is 2. The first-order valence-corrected chi connectivity index (χ1v) is 9.50. The number of aromatic nitrogens is 3. The number of hydrogen-bond donors (Lipinski definition) is 0. The maximum Gasteiger partial charge on any atom is 0.191 e. The van der Waals surface area contributed by atoms with E-state index in [2.05, 4.69) is 10.2 Å². The summed E-state index contributed by atoms with van der Waals surface area (Å²) < 4.78 is 21.7. The minimum atomic E-state index is -0.316. The molecule has 0 aliphatic carbocycles. The molecule has 1 unspecified atom stereocenters. The van der Waals surface area contributed by atoms with Crippen LogP contribution in [0.1, 0.15) is 30.0 Å². The molecule has 0 fully saturated rings. The Morgan fingerprint density at radius 1 is 1.19 bits per heavy atom. The molecule has 0 amide bonds. The second-order valence-corrected chi connectivity index (χ2v) is 7.31. The van der Waals surface area contributed by atoms with E-state index in [0.717, 1.165) is 5.75 Å². The molecule has 3 aromatic rings. The number of nitrogens with zero attached hydrogens (tertiary/aromatic N) is 3. The van der Waals surface area contributed by atoms with E-state index < -0.39 is 0 Å². The van der Waals surface area contributed by atoms with Crippen LogP contribution in [-0.2, 0) is 12.8 Å². The maximum atomic E-state index is 13.9. The van der Waals surface area contributed by atoms with E-state index in [1.54, 1.807) is 12.1 Å². The van der Waals surface area contributed by atoms with E-state index in [-0.39, 0.29) is 11.9 Å². The summed E-state index contributed by atoms with van der Waals surface area (Å²) in [6, 6.07) is 12.5. The first kappa shape index (κ1) is 18.7. The number of aryl methyl sites for hydroxylation is 1. The lowest BCUT2D eigenvalue weighted by molar-refractivity contribution is 0.211. The van der Waals surface area contributed by atoms with Crippen molar-refractivity contribution in [3.63, 3.8) is 0 Å². The van der Waals surface area contributed by atoms with E-state index in [1.165, 1.54) is 23.4 Å². The number of rotatable bonds is 6. The third-order valence-corrected chi connectivity index (χ3v) is 5.37. The van der Waals surface area contributed by atoms with Crippen LogP contribution in [0.15, 0.2) is 47.6 Å². The molecule has 26 heavy (non-hydrogen) atoms. The van der Waals surface area contributed by atoms with Crippen molar-refractivity contribution in [3.05, 3.63) is 70.3 Å². The molecule has 7 heteroatoms. The molecule has 4 nitrogen and oxygen atoms in total. The predicted octanol–water partition coefficient (Wildman–Crippen LogP) is 5.35. The molecular formula is C19H19ClFN3OS. The molecular weight excluding hydrogens is 373 g/mol. The number of benzene rings is 2. The Balaban J connectivity index is 1.70. The second-order valence-electron chi connectivity index (χ2n) is 5.96. The van der Waals surface area contributed by atoms with Gasteiger partial charge < -0.3 is 9.30 Å². The van der Waals surface area contributed by atoms with Gasteiger partial charge >= 0.3 is 0 Å². The third-order valence-electron chi connectivity index (χ3n) is 3.97. The van der Waals surface area contributed by atoms with Crippen molar-refractivity contribution in [2.24, 2.45) is 7.05 Å². The Labute approximate surface area is 161 Å². The first-order valence-electron chi connectivity index (χ1n) is 8.14. The minimum Gasteiger partial charge on any atom is -0.483 e. The summed E-state index contributed by atoms with van der Waals surface area (Å²) >= 11 is 7.46. The SMILES string of the molecule is Cc1ccc(OC(C)c2nnc(SCc3c(F)cccc3Cl)n2C)cc1. The molecule has 0 spiro atoms. The van der Waals surface area contributed by atoms with Crippen LogP contribution in [0.4, 0.5) is 4.39 Å². The molecule has 0 saturated heterocycles.